The molecule has 1 amide bonds. The van der Waals surface area contributed by atoms with Crippen LogP contribution in [0.1, 0.15) is 56.4 Å². The molecule has 0 fully saturated rings. The van der Waals surface area contributed by atoms with E-state index in [9.17, 15) is 10.1 Å². The molecule has 3 rings (SSSR count). The molecule has 0 N–H and O–H groups in total. The van der Waals surface area contributed by atoms with Crippen LogP contribution < -0.4 is 4.90 Å². The standard InChI is InChI=1S/C23H27N3OS/c1-3-5-11-19-14-13-18(16-24)22(25-19)28-21(4-2)23(27)26-15-8-10-17-9-6-7-12-20(17)26/h6-7,9,12-14,21H,3-5,8,10-11,15H2,1-2H3. The lowest BCUT2D eigenvalue weighted by molar-refractivity contribution is -0.118. The largest absolute Gasteiger partial charge is 0.311 e. The van der Waals surface area contributed by atoms with Crippen molar-refractivity contribution in [2.24, 2.45) is 0 Å². The summed E-state index contributed by atoms with van der Waals surface area (Å²) in [4.78, 5) is 20.0. The van der Waals surface area contributed by atoms with Crippen molar-refractivity contribution >= 4 is 23.4 Å². The maximum Gasteiger partial charge on any atom is 0.240 e. The molecule has 1 aliphatic heterocycles. The number of nitrogens with zero attached hydrogens (tertiary/aromatic N) is 3. The fourth-order valence-electron chi connectivity index (χ4n) is 3.53. The zero-order chi connectivity index (χ0) is 19.9. The molecule has 1 aromatic heterocycles. The molecule has 0 aliphatic carbocycles. The summed E-state index contributed by atoms with van der Waals surface area (Å²) in [5.41, 5.74) is 3.81. The molecule has 146 valence electrons. The molecular weight excluding hydrogens is 366 g/mol. The number of carbonyl (C=O) groups is 1. The number of benzene rings is 1. The van der Waals surface area contributed by atoms with Crippen LogP contribution in [0.2, 0.25) is 0 Å². The Hall–Kier alpha value is -2.32. The number of aromatic nitrogens is 1. The lowest BCUT2D eigenvalue weighted by Gasteiger charge is -2.32. The minimum Gasteiger partial charge on any atom is -0.311 e. The van der Waals surface area contributed by atoms with Crippen molar-refractivity contribution in [3.05, 3.63) is 53.2 Å². The van der Waals surface area contributed by atoms with Crippen molar-refractivity contribution in [2.45, 2.75) is 62.6 Å². The van der Waals surface area contributed by atoms with E-state index in [4.69, 9.17) is 4.98 Å². The molecule has 1 aliphatic rings. The van der Waals surface area contributed by atoms with Gasteiger partial charge in [-0.15, -0.1) is 0 Å². The van der Waals surface area contributed by atoms with E-state index in [-0.39, 0.29) is 11.2 Å². The van der Waals surface area contributed by atoms with Crippen LogP contribution in [0, 0.1) is 11.3 Å². The van der Waals surface area contributed by atoms with E-state index < -0.39 is 0 Å². The quantitative estimate of drug-likeness (QED) is 0.611. The highest BCUT2D eigenvalue weighted by Crippen LogP contribution is 2.33. The van der Waals surface area contributed by atoms with Crippen LogP contribution in [-0.4, -0.2) is 22.7 Å². The Morgan fingerprint density at radius 2 is 2.11 bits per heavy atom. The van der Waals surface area contributed by atoms with Crippen LogP contribution >= 0.6 is 11.8 Å². The minimum absolute atomic E-state index is 0.115. The topological polar surface area (TPSA) is 57.0 Å². The fraction of sp³-hybridized carbons (Fsp3) is 0.435. The van der Waals surface area contributed by atoms with Crippen molar-refractivity contribution in [1.82, 2.24) is 4.98 Å². The molecule has 5 heteroatoms. The minimum atomic E-state index is -0.243. The van der Waals surface area contributed by atoms with Crippen LogP contribution in [0.15, 0.2) is 41.4 Å². The van der Waals surface area contributed by atoms with Crippen LogP contribution in [0.4, 0.5) is 5.69 Å². The van der Waals surface area contributed by atoms with E-state index in [1.54, 1.807) is 0 Å². The van der Waals surface area contributed by atoms with Crippen LogP contribution in [-0.2, 0) is 17.6 Å². The van der Waals surface area contributed by atoms with Gasteiger partial charge < -0.3 is 4.90 Å². The number of amides is 1. The zero-order valence-corrected chi connectivity index (χ0v) is 17.5. The normalized spacial score (nSPS) is 14.2. The van der Waals surface area contributed by atoms with Gasteiger partial charge >= 0.3 is 0 Å². The lowest BCUT2D eigenvalue weighted by atomic mass is 10.0. The van der Waals surface area contributed by atoms with Crippen molar-refractivity contribution < 1.29 is 4.79 Å². The average Bonchev–Trinajstić information content (AvgIpc) is 2.75. The van der Waals surface area contributed by atoms with E-state index in [2.05, 4.69) is 19.1 Å². The van der Waals surface area contributed by atoms with E-state index >= 15 is 0 Å². The first-order chi connectivity index (χ1) is 13.7. The number of hydrogen-bond acceptors (Lipinski definition) is 4. The molecule has 0 spiro atoms. The third-order valence-corrected chi connectivity index (χ3v) is 6.46. The Balaban J connectivity index is 1.83. The summed E-state index contributed by atoms with van der Waals surface area (Å²) in [5, 5.41) is 9.93. The van der Waals surface area contributed by atoms with Gasteiger partial charge in [0.25, 0.3) is 0 Å². The van der Waals surface area contributed by atoms with Crippen LogP contribution in [0.25, 0.3) is 0 Å². The Morgan fingerprint density at radius 3 is 2.86 bits per heavy atom. The second kappa shape index (κ2) is 9.75. The maximum atomic E-state index is 13.3. The van der Waals surface area contributed by atoms with E-state index in [0.717, 1.165) is 50.0 Å². The Morgan fingerprint density at radius 1 is 1.29 bits per heavy atom. The number of anilines is 1. The van der Waals surface area contributed by atoms with Gasteiger partial charge in [-0.05, 0) is 55.9 Å². The Labute approximate surface area is 172 Å². The third kappa shape index (κ3) is 4.56. The number of carbonyl (C=O) groups excluding carboxylic acids is 1. The predicted octanol–water partition coefficient (Wildman–Crippen LogP) is 5.15. The number of unbranched alkanes of at least 4 members (excludes halogenated alkanes) is 1. The van der Waals surface area contributed by atoms with Crippen molar-refractivity contribution in [2.75, 3.05) is 11.4 Å². The summed E-state index contributed by atoms with van der Waals surface area (Å²) < 4.78 is 0. The number of fused-ring (bicyclic) bond motifs is 1. The first kappa shape index (κ1) is 20.4. The molecule has 1 atom stereocenters. The lowest BCUT2D eigenvalue weighted by Crippen LogP contribution is -2.40. The van der Waals surface area contributed by atoms with Crippen molar-refractivity contribution in [1.29, 1.82) is 5.26 Å². The van der Waals surface area contributed by atoms with E-state index in [1.807, 2.05) is 42.2 Å². The Kier molecular flexibility index (Phi) is 7.11. The maximum absolute atomic E-state index is 13.3. The number of nitriles is 1. The monoisotopic (exact) mass is 393 g/mol. The van der Waals surface area contributed by atoms with Gasteiger partial charge in [0.05, 0.1) is 10.8 Å². The van der Waals surface area contributed by atoms with Gasteiger partial charge in [0, 0.05) is 17.9 Å². The highest BCUT2D eigenvalue weighted by atomic mass is 32.2. The molecule has 2 aromatic rings. The highest BCUT2D eigenvalue weighted by Gasteiger charge is 2.29. The first-order valence-corrected chi connectivity index (χ1v) is 11.0. The number of thioether (sulfide) groups is 1. The number of hydrogen-bond donors (Lipinski definition) is 0. The van der Waals surface area contributed by atoms with Gasteiger partial charge in [0.15, 0.2) is 0 Å². The van der Waals surface area contributed by atoms with Gasteiger partial charge in [-0.1, -0.05) is 50.2 Å². The van der Waals surface area contributed by atoms with Crippen LogP contribution in [0.5, 0.6) is 0 Å². The van der Waals surface area contributed by atoms with Gasteiger partial charge in [0.1, 0.15) is 11.1 Å². The zero-order valence-electron chi connectivity index (χ0n) is 16.6. The molecule has 4 nitrogen and oxygen atoms in total. The van der Waals surface area contributed by atoms with Crippen molar-refractivity contribution in [3.63, 3.8) is 0 Å². The average molecular weight is 394 g/mol. The second-order valence-corrected chi connectivity index (χ2v) is 8.30. The molecule has 0 saturated carbocycles. The van der Waals surface area contributed by atoms with E-state index in [1.165, 1.54) is 17.3 Å². The summed E-state index contributed by atoms with van der Waals surface area (Å²) in [7, 11) is 0. The van der Waals surface area contributed by atoms with E-state index in [0.29, 0.717) is 17.0 Å². The molecule has 2 heterocycles. The fourth-order valence-corrected chi connectivity index (χ4v) is 4.61. The van der Waals surface area contributed by atoms with Gasteiger partial charge in [-0.25, -0.2) is 4.98 Å². The number of rotatable bonds is 7. The smallest absolute Gasteiger partial charge is 0.240 e. The predicted molar refractivity (Wildman–Crippen MR) is 115 cm³/mol. The molecule has 0 saturated heterocycles. The molecule has 0 radical (unpaired) electrons. The third-order valence-electron chi connectivity index (χ3n) is 5.10. The number of aryl methyl sites for hydroxylation is 2. The molecule has 28 heavy (non-hydrogen) atoms. The van der Waals surface area contributed by atoms with Gasteiger partial charge in [0.2, 0.25) is 5.91 Å². The van der Waals surface area contributed by atoms with Gasteiger partial charge in [-0.2, -0.15) is 5.26 Å². The molecule has 1 unspecified atom stereocenters. The number of para-hydroxylation sites is 1. The molecule has 1 aromatic carbocycles. The summed E-state index contributed by atoms with van der Waals surface area (Å²) in [6.07, 6.45) is 5.79. The van der Waals surface area contributed by atoms with Crippen LogP contribution in [0.3, 0.4) is 0 Å². The summed E-state index contributed by atoms with van der Waals surface area (Å²) in [6, 6.07) is 14.2. The summed E-state index contributed by atoms with van der Waals surface area (Å²) >= 11 is 1.44. The van der Waals surface area contributed by atoms with Crippen molar-refractivity contribution in [3.8, 4) is 6.07 Å². The SMILES string of the molecule is CCCCc1ccc(C#N)c(SC(CC)C(=O)N2CCCc3ccccc32)n1. The summed E-state index contributed by atoms with van der Waals surface area (Å²) in [5.74, 6) is 0.115. The Bertz CT molecular complexity index is 874. The van der Waals surface area contributed by atoms with Gasteiger partial charge in [-0.3, -0.25) is 4.79 Å². The second-order valence-electron chi connectivity index (χ2n) is 7.11. The molecular formula is C23H27N3OS. The molecule has 0 bridgehead atoms. The highest BCUT2D eigenvalue weighted by molar-refractivity contribution is 8.00. The summed E-state index contributed by atoms with van der Waals surface area (Å²) in [6.45, 7) is 4.93. The number of pyridine rings is 1. The first-order valence-electron chi connectivity index (χ1n) is 10.1.